The summed E-state index contributed by atoms with van der Waals surface area (Å²) in [5.41, 5.74) is 0.957. The molecule has 0 aliphatic heterocycles. The molecule has 6 nitrogen and oxygen atoms in total. The summed E-state index contributed by atoms with van der Waals surface area (Å²) in [7, 11) is 0. The minimum Gasteiger partial charge on any atom is -0.466 e. The van der Waals surface area contributed by atoms with Crippen molar-refractivity contribution in [3.63, 3.8) is 0 Å². The van der Waals surface area contributed by atoms with Crippen molar-refractivity contribution in [3.05, 3.63) is 79.0 Å². The zero-order valence-electron chi connectivity index (χ0n) is 18.0. The molecule has 0 aliphatic rings. The lowest BCUT2D eigenvalue weighted by Gasteiger charge is -2.26. The molecular formula is C24H22Cl3NO5. The average Bonchev–Trinajstić information content (AvgIpc) is 2.74. The predicted molar refractivity (Wildman–Crippen MR) is 129 cm³/mol. The molecule has 0 saturated carbocycles. The lowest BCUT2D eigenvalue weighted by molar-refractivity contribution is -0.147. The van der Waals surface area contributed by atoms with Gasteiger partial charge in [0.05, 0.1) is 19.6 Å². The van der Waals surface area contributed by atoms with E-state index in [0.29, 0.717) is 26.5 Å². The molecule has 3 rings (SSSR count). The smallest absolute Gasteiger partial charge is 0.315 e. The van der Waals surface area contributed by atoms with E-state index < -0.39 is 23.8 Å². The molecule has 33 heavy (non-hydrogen) atoms. The van der Waals surface area contributed by atoms with E-state index in [1.165, 1.54) is 12.1 Å². The Morgan fingerprint density at radius 3 is 2.27 bits per heavy atom. The van der Waals surface area contributed by atoms with Crippen molar-refractivity contribution in [1.29, 1.82) is 0 Å². The van der Waals surface area contributed by atoms with E-state index in [1.54, 1.807) is 44.2 Å². The van der Waals surface area contributed by atoms with Crippen LogP contribution in [0.1, 0.15) is 43.4 Å². The molecule has 0 radical (unpaired) electrons. The zero-order valence-corrected chi connectivity index (χ0v) is 20.3. The Morgan fingerprint density at radius 1 is 0.939 bits per heavy atom. The van der Waals surface area contributed by atoms with Crippen molar-refractivity contribution in [1.82, 2.24) is 4.98 Å². The molecule has 1 aromatic heterocycles. The molecule has 0 bridgehead atoms. The van der Waals surface area contributed by atoms with Crippen molar-refractivity contribution in [2.45, 2.75) is 32.1 Å². The van der Waals surface area contributed by atoms with Crippen molar-refractivity contribution < 1.29 is 19.1 Å². The van der Waals surface area contributed by atoms with Crippen LogP contribution in [-0.2, 0) is 19.1 Å². The largest absolute Gasteiger partial charge is 0.466 e. The van der Waals surface area contributed by atoms with Crippen LogP contribution in [-0.4, -0.2) is 30.1 Å². The first-order chi connectivity index (χ1) is 15.7. The van der Waals surface area contributed by atoms with Crippen LogP contribution in [0.2, 0.25) is 15.1 Å². The number of rotatable bonds is 8. The number of aromatic amines is 1. The van der Waals surface area contributed by atoms with Crippen LogP contribution in [0.3, 0.4) is 0 Å². The molecule has 2 unspecified atom stereocenters. The topological polar surface area (TPSA) is 85.5 Å². The van der Waals surface area contributed by atoms with E-state index in [1.807, 2.05) is 0 Å². The summed E-state index contributed by atoms with van der Waals surface area (Å²) < 4.78 is 10.5. The zero-order chi connectivity index (χ0) is 24.1. The van der Waals surface area contributed by atoms with Gasteiger partial charge in [0, 0.05) is 43.6 Å². The highest BCUT2D eigenvalue weighted by molar-refractivity contribution is 6.35. The standard InChI is InChI=1S/C24H22Cl3NO5/c1-3-32-22(30)11-16(15-7-5-14(26)10-18(15)27)23(24(31)33-4-2)20-12-21(29)17-9-13(25)6-8-19(17)28-20/h5-10,12,16,23H,3-4,11H2,1-2H3,(H,28,29). The Morgan fingerprint density at radius 2 is 1.61 bits per heavy atom. The van der Waals surface area contributed by atoms with E-state index in [-0.39, 0.29) is 35.8 Å². The van der Waals surface area contributed by atoms with Gasteiger partial charge in [-0.3, -0.25) is 14.4 Å². The minimum atomic E-state index is -1.04. The normalized spacial score (nSPS) is 12.9. The summed E-state index contributed by atoms with van der Waals surface area (Å²) in [5, 5.41) is 1.47. The highest BCUT2D eigenvalue weighted by atomic mass is 35.5. The second-order valence-corrected chi connectivity index (χ2v) is 8.57. The van der Waals surface area contributed by atoms with Gasteiger partial charge < -0.3 is 14.5 Å². The van der Waals surface area contributed by atoms with Crippen LogP contribution < -0.4 is 5.43 Å². The molecule has 2 atom stereocenters. The molecule has 0 fully saturated rings. The summed E-state index contributed by atoms with van der Waals surface area (Å²) in [5.74, 6) is -2.95. The van der Waals surface area contributed by atoms with Gasteiger partial charge in [0.25, 0.3) is 0 Å². The van der Waals surface area contributed by atoms with E-state index >= 15 is 0 Å². The summed E-state index contributed by atoms with van der Waals surface area (Å²) in [6.45, 7) is 3.66. The van der Waals surface area contributed by atoms with Crippen LogP contribution >= 0.6 is 34.8 Å². The first kappa shape index (κ1) is 25.1. The van der Waals surface area contributed by atoms with E-state index in [2.05, 4.69) is 4.98 Å². The Bertz CT molecular complexity index is 1240. The van der Waals surface area contributed by atoms with Gasteiger partial charge in [0.2, 0.25) is 0 Å². The molecule has 3 aromatic rings. The second-order valence-electron chi connectivity index (χ2n) is 7.29. The molecule has 9 heteroatoms. The highest BCUT2D eigenvalue weighted by Gasteiger charge is 2.36. The maximum atomic E-state index is 13.2. The molecular weight excluding hydrogens is 489 g/mol. The number of benzene rings is 2. The Balaban J connectivity index is 2.22. The van der Waals surface area contributed by atoms with E-state index in [9.17, 15) is 14.4 Å². The van der Waals surface area contributed by atoms with Crippen molar-refractivity contribution in [3.8, 4) is 0 Å². The maximum absolute atomic E-state index is 13.2. The fourth-order valence-corrected chi connectivity index (χ4v) is 4.48. The molecule has 0 aliphatic carbocycles. The van der Waals surface area contributed by atoms with Crippen molar-refractivity contribution in [2.75, 3.05) is 13.2 Å². The SMILES string of the molecule is CCOC(=O)CC(c1ccc(Cl)cc1Cl)C(C(=O)OCC)c1cc(=O)c2cc(Cl)ccc2[nH]1. The number of hydrogen-bond donors (Lipinski definition) is 1. The Labute approximate surface area is 205 Å². The Hall–Kier alpha value is -2.54. The van der Waals surface area contributed by atoms with Crippen LogP contribution in [0.4, 0.5) is 0 Å². The number of carbonyl (C=O) groups excluding carboxylic acids is 2. The van der Waals surface area contributed by atoms with Gasteiger partial charge in [0.15, 0.2) is 5.43 Å². The number of aromatic nitrogens is 1. The van der Waals surface area contributed by atoms with Crippen LogP contribution in [0.15, 0.2) is 47.3 Å². The second kappa shape index (κ2) is 11.1. The first-order valence-electron chi connectivity index (χ1n) is 10.3. The molecule has 0 spiro atoms. The quantitative estimate of drug-likeness (QED) is 0.383. The van der Waals surface area contributed by atoms with Crippen LogP contribution in [0.25, 0.3) is 10.9 Å². The summed E-state index contributed by atoms with van der Waals surface area (Å²) in [6.07, 6.45) is -0.167. The fraction of sp³-hybridized carbons (Fsp3) is 0.292. The van der Waals surface area contributed by atoms with E-state index in [4.69, 9.17) is 44.3 Å². The summed E-state index contributed by atoms with van der Waals surface area (Å²) in [6, 6.07) is 11.0. The van der Waals surface area contributed by atoms with Crippen LogP contribution in [0, 0.1) is 0 Å². The number of ether oxygens (including phenoxy) is 2. The third kappa shape index (κ3) is 5.88. The summed E-state index contributed by atoms with van der Waals surface area (Å²) >= 11 is 18.6. The molecule has 0 saturated heterocycles. The number of pyridine rings is 1. The number of carbonyl (C=O) groups is 2. The van der Waals surface area contributed by atoms with Gasteiger partial charge in [0.1, 0.15) is 5.92 Å². The lowest BCUT2D eigenvalue weighted by Crippen LogP contribution is -2.27. The van der Waals surface area contributed by atoms with E-state index in [0.717, 1.165) is 0 Å². The first-order valence-corrected chi connectivity index (χ1v) is 11.5. The van der Waals surface area contributed by atoms with Crippen molar-refractivity contribution >= 4 is 57.6 Å². The highest BCUT2D eigenvalue weighted by Crippen LogP contribution is 2.40. The number of H-pyrrole nitrogens is 1. The van der Waals surface area contributed by atoms with Gasteiger partial charge in [-0.25, -0.2) is 0 Å². The van der Waals surface area contributed by atoms with Gasteiger partial charge in [-0.15, -0.1) is 0 Å². The van der Waals surface area contributed by atoms with Crippen LogP contribution in [0.5, 0.6) is 0 Å². The lowest BCUT2D eigenvalue weighted by atomic mass is 9.81. The fourth-order valence-electron chi connectivity index (χ4n) is 3.76. The third-order valence-corrected chi connectivity index (χ3v) is 5.94. The number of esters is 2. The number of hydrogen-bond acceptors (Lipinski definition) is 5. The third-order valence-electron chi connectivity index (χ3n) is 5.14. The molecule has 174 valence electrons. The summed E-state index contributed by atoms with van der Waals surface area (Å²) in [4.78, 5) is 41.7. The van der Waals surface area contributed by atoms with Gasteiger partial charge in [-0.05, 0) is 49.7 Å². The van der Waals surface area contributed by atoms with Gasteiger partial charge in [-0.2, -0.15) is 0 Å². The minimum absolute atomic E-state index is 0.114. The molecule has 1 heterocycles. The van der Waals surface area contributed by atoms with Gasteiger partial charge in [-0.1, -0.05) is 40.9 Å². The predicted octanol–water partition coefficient (Wildman–Crippen LogP) is 5.87. The molecule has 1 N–H and O–H groups in total. The maximum Gasteiger partial charge on any atom is 0.315 e. The Kier molecular flexibility index (Phi) is 8.40. The number of fused-ring (bicyclic) bond motifs is 1. The molecule has 0 amide bonds. The monoisotopic (exact) mass is 509 g/mol. The van der Waals surface area contributed by atoms with Gasteiger partial charge >= 0.3 is 11.9 Å². The molecule has 2 aromatic carbocycles. The van der Waals surface area contributed by atoms with Crippen molar-refractivity contribution in [2.24, 2.45) is 0 Å². The average molecular weight is 511 g/mol. The number of halogens is 3. The number of nitrogens with one attached hydrogen (secondary N) is 1.